The molecular formula is C12H13F3N2O2. The van der Waals surface area contributed by atoms with Gasteiger partial charge in [0.1, 0.15) is 0 Å². The molecule has 0 spiro atoms. The zero-order chi connectivity index (χ0) is 14.6. The fraction of sp³-hybridized carbons (Fsp3) is 0.333. The fourth-order valence-corrected chi connectivity index (χ4v) is 1.26. The summed E-state index contributed by atoms with van der Waals surface area (Å²) in [5.41, 5.74) is -0.700. The van der Waals surface area contributed by atoms with Crippen molar-refractivity contribution in [2.75, 3.05) is 5.32 Å². The van der Waals surface area contributed by atoms with Crippen LogP contribution in [0.3, 0.4) is 0 Å². The largest absolute Gasteiger partial charge is 0.416 e. The van der Waals surface area contributed by atoms with E-state index in [9.17, 15) is 22.8 Å². The molecule has 0 heterocycles. The number of carbonyl (C=O) groups is 2. The minimum Gasteiger partial charge on any atom is -0.346 e. The maximum atomic E-state index is 12.3. The van der Waals surface area contributed by atoms with Gasteiger partial charge in [0, 0.05) is 11.7 Å². The first-order valence-corrected chi connectivity index (χ1v) is 5.49. The number of nitrogens with one attached hydrogen (secondary N) is 2. The average Bonchev–Trinajstić information content (AvgIpc) is 2.27. The number of alkyl halides is 3. The highest BCUT2D eigenvalue weighted by atomic mass is 19.4. The Balaban J connectivity index is 2.68. The molecule has 0 aromatic heterocycles. The van der Waals surface area contributed by atoms with Crippen LogP contribution in [0.2, 0.25) is 0 Å². The van der Waals surface area contributed by atoms with Gasteiger partial charge in [-0.15, -0.1) is 0 Å². The van der Waals surface area contributed by atoms with E-state index in [4.69, 9.17) is 0 Å². The van der Waals surface area contributed by atoms with Crippen molar-refractivity contribution in [1.82, 2.24) is 5.32 Å². The molecule has 0 bridgehead atoms. The number of hydrogen-bond acceptors (Lipinski definition) is 2. The van der Waals surface area contributed by atoms with Crippen LogP contribution in [-0.2, 0) is 15.8 Å². The minimum atomic E-state index is -4.43. The van der Waals surface area contributed by atoms with Gasteiger partial charge in [-0.25, -0.2) is 0 Å². The molecule has 0 saturated carbocycles. The second-order valence-corrected chi connectivity index (χ2v) is 4.16. The van der Waals surface area contributed by atoms with Gasteiger partial charge in [0.15, 0.2) is 0 Å². The Kier molecular flexibility index (Phi) is 4.52. The number of carbonyl (C=O) groups excluding carboxylic acids is 2. The summed E-state index contributed by atoms with van der Waals surface area (Å²) in [6.07, 6.45) is -4.43. The molecule has 0 aliphatic carbocycles. The molecule has 0 aliphatic rings. The zero-order valence-corrected chi connectivity index (χ0v) is 10.3. The first-order valence-electron chi connectivity index (χ1n) is 5.49. The van der Waals surface area contributed by atoms with E-state index in [0.717, 1.165) is 24.3 Å². The summed E-state index contributed by atoms with van der Waals surface area (Å²) < 4.78 is 36.9. The van der Waals surface area contributed by atoms with Gasteiger partial charge in [0.05, 0.1) is 5.56 Å². The van der Waals surface area contributed by atoms with Gasteiger partial charge in [-0.3, -0.25) is 9.59 Å². The van der Waals surface area contributed by atoms with Crippen LogP contribution in [0.5, 0.6) is 0 Å². The minimum absolute atomic E-state index is 0.122. The molecule has 104 valence electrons. The van der Waals surface area contributed by atoms with Gasteiger partial charge in [-0.2, -0.15) is 13.2 Å². The summed E-state index contributed by atoms with van der Waals surface area (Å²) in [7, 11) is 0. The summed E-state index contributed by atoms with van der Waals surface area (Å²) in [6.45, 7) is 3.37. The van der Waals surface area contributed by atoms with Crippen molar-refractivity contribution < 1.29 is 22.8 Å². The summed E-state index contributed by atoms with van der Waals surface area (Å²) in [5.74, 6) is -1.76. The van der Waals surface area contributed by atoms with Crippen LogP contribution in [0.15, 0.2) is 24.3 Å². The highest BCUT2D eigenvalue weighted by Gasteiger charge is 2.30. The monoisotopic (exact) mass is 274 g/mol. The van der Waals surface area contributed by atoms with Gasteiger partial charge in [-0.1, -0.05) is 0 Å². The first kappa shape index (κ1) is 15.0. The molecule has 0 atom stereocenters. The van der Waals surface area contributed by atoms with E-state index >= 15 is 0 Å². The fourth-order valence-electron chi connectivity index (χ4n) is 1.26. The van der Waals surface area contributed by atoms with Gasteiger partial charge in [-0.05, 0) is 38.1 Å². The van der Waals surface area contributed by atoms with Crippen LogP contribution in [-0.4, -0.2) is 17.9 Å². The zero-order valence-electron chi connectivity index (χ0n) is 10.3. The van der Waals surface area contributed by atoms with Crippen molar-refractivity contribution in [3.63, 3.8) is 0 Å². The Morgan fingerprint density at radius 3 is 2.00 bits per heavy atom. The van der Waals surface area contributed by atoms with Crippen LogP contribution in [0.4, 0.5) is 18.9 Å². The molecule has 1 aromatic carbocycles. The molecule has 2 N–H and O–H groups in total. The highest BCUT2D eigenvalue weighted by molar-refractivity contribution is 6.39. The first-order chi connectivity index (χ1) is 8.70. The van der Waals surface area contributed by atoms with Gasteiger partial charge in [0.25, 0.3) is 0 Å². The quantitative estimate of drug-likeness (QED) is 0.812. The van der Waals surface area contributed by atoms with E-state index in [1.54, 1.807) is 13.8 Å². The van der Waals surface area contributed by atoms with Gasteiger partial charge in [0.2, 0.25) is 0 Å². The van der Waals surface area contributed by atoms with Crippen molar-refractivity contribution >= 4 is 17.5 Å². The van der Waals surface area contributed by atoms with Crippen LogP contribution < -0.4 is 10.6 Å². The van der Waals surface area contributed by atoms with E-state index in [-0.39, 0.29) is 11.7 Å². The summed E-state index contributed by atoms with van der Waals surface area (Å²) in [6, 6.07) is 3.63. The third kappa shape index (κ3) is 4.61. The average molecular weight is 274 g/mol. The van der Waals surface area contributed by atoms with E-state index < -0.39 is 23.6 Å². The second-order valence-electron chi connectivity index (χ2n) is 4.16. The van der Waals surface area contributed by atoms with Crippen LogP contribution in [0, 0.1) is 0 Å². The van der Waals surface area contributed by atoms with Gasteiger partial charge < -0.3 is 10.6 Å². The molecule has 0 unspecified atom stereocenters. The number of hydrogen-bond donors (Lipinski definition) is 2. The molecular weight excluding hydrogens is 261 g/mol. The Hall–Kier alpha value is -2.05. The Labute approximate surface area is 108 Å². The molecule has 19 heavy (non-hydrogen) atoms. The number of amides is 2. The standard InChI is InChI=1S/C12H13F3N2O2/c1-7(2)16-10(18)11(19)17-9-5-3-8(4-6-9)12(13,14)15/h3-7H,1-2H3,(H,16,18)(H,17,19). The van der Waals surface area contributed by atoms with Crippen molar-refractivity contribution in [3.05, 3.63) is 29.8 Å². The Morgan fingerprint density at radius 1 is 1.05 bits per heavy atom. The molecule has 7 heteroatoms. The highest BCUT2D eigenvalue weighted by Crippen LogP contribution is 2.29. The number of anilines is 1. The van der Waals surface area contributed by atoms with E-state index in [1.165, 1.54) is 0 Å². The van der Waals surface area contributed by atoms with Crippen molar-refractivity contribution in [3.8, 4) is 0 Å². The third-order valence-electron chi connectivity index (χ3n) is 2.10. The summed E-state index contributed by atoms with van der Waals surface area (Å²) >= 11 is 0. The second kappa shape index (κ2) is 5.73. The van der Waals surface area contributed by atoms with Gasteiger partial charge >= 0.3 is 18.0 Å². The molecule has 1 rings (SSSR count). The lowest BCUT2D eigenvalue weighted by atomic mass is 10.2. The molecule has 0 fully saturated rings. The third-order valence-corrected chi connectivity index (χ3v) is 2.10. The predicted octanol–water partition coefficient (Wildman–Crippen LogP) is 2.17. The van der Waals surface area contributed by atoms with Crippen LogP contribution >= 0.6 is 0 Å². The molecule has 0 aliphatic heterocycles. The smallest absolute Gasteiger partial charge is 0.346 e. The van der Waals surface area contributed by atoms with Crippen molar-refractivity contribution in [2.45, 2.75) is 26.1 Å². The molecule has 1 aromatic rings. The molecule has 0 saturated heterocycles. The lowest BCUT2D eigenvalue weighted by Crippen LogP contribution is -2.39. The number of halogens is 3. The normalized spacial score (nSPS) is 11.3. The summed E-state index contributed by atoms with van der Waals surface area (Å²) in [5, 5.41) is 4.57. The molecule has 4 nitrogen and oxygen atoms in total. The SMILES string of the molecule is CC(C)NC(=O)C(=O)Nc1ccc(C(F)(F)F)cc1. The number of rotatable bonds is 2. The van der Waals surface area contributed by atoms with Crippen molar-refractivity contribution in [2.24, 2.45) is 0 Å². The van der Waals surface area contributed by atoms with E-state index in [2.05, 4.69) is 10.6 Å². The maximum absolute atomic E-state index is 12.3. The van der Waals surface area contributed by atoms with E-state index in [1.807, 2.05) is 0 Å². The lowest BCUT2D eigenvalue weighted by Gasteiger charge is -2.10. The molecule has 2 amide bonds. The van der Waals surface area contributed by atoms with Crippen LogP contribution in [0.1, 0.15) is 19.4 Å². The van der Waals surface area contributed by atoms with E-state index in [0.29, 0.717) is 0 Å². The Morgan fingerprint density at radius 2 is 1.58 bits per heavy atom. The number of benzene rings is 1. The maximum Gasteiger partial charge on any atom is 0.416 e. The summed E-state index contributed by atoms with van der Waals surface area (Å²) in [4.78, 5) is 22.7. The molecule has 0 radical (unpaired) electrons. The predicted molar refractivity (Wildman–Crippen MR) is 63.4 cm³/mol. The van der Waals surface area contributed by atoms with Crippen LogP contribution in [0.25, 0.3) is 0 Å². The topological polar surface area (TPSA) is 58.2 Å². The van der Waals surface area contributed by atoms with Crippen molar-refractivity contribution in [1.29, 1.82) is 0 Å². The lowest BCUT2D eigenvalue weighted by molar-refractivity contribution is -0.137. The Bertz CT molecular complexity index is 467.